The van der Waals surface area contributed by atoms with Crippen LogP contribution in [0.25, 0.3) is 22.3 Å². The first-order chi connectivity index (χ1) is 19.8. The molecule has 3 heterocycles. The van der Waals surface area contributed by atoms with Crippen molar-refractivity contribution in [2.45, 2.75) is 55.0 Å². The fourth-order valence-electron chi connectivity index (χ4n) is 4.60. The Labute approximate surface area is 235 Å². The second-order valence-electron chi connectivity index (χ2n) is 9.89. The van der Waals surface area contributed by atoms with Gasteiger partial charge in [-0.15, -0.1) is 0 Å². The minimum Gasteiger partial charge on any atom is -0.507 e. The number of aliphatic hydroxyl groups excluding tert-OH is 6. The highest BCUT2D eigenvalue weighted by Crippen LogP contribution is 2.37. The number of fused-ring (bicyclic) bond motifs is 1. The zero-order chi connectivity index (χ0) is 30.5. The highest BCUT2D eigenvalue weighted by Gasteiger charge is 2.55. The average Bonchev–Trinajstić information content (AvgIpc) is 2.94. The standard InChI is InChI=1S/C26H28O16/c27-11-2-1-9(3-12(11)28)16-6-14(30)19-13(29)4-10(5-17(19)40-16)41-26(37)24(36)22(34)21(33)18(42-26)8-39-25-23(35)20(32)15(31)7-38-25/h1-6,15,18,20-25,27-29,31-37H,7-8H2/t15-,18+,20-,21+,22-,23-,24-,25-,26-/m0/s1. The lowest BCUT2D eigenvalue weighted by Crippen LogP contribution is -2.67. The summed E-state index contributed by atoms with van der Waals surface area (Å²) < 4.78 is 26.8. The monoisotopic (exact) mass is 596 g/mol. The van der Waals surface area contributed by atoms with Crippen molar-refractivity contribution in [3.05, 3.63) is 46.6 Å². The Morgan fingerprint density at radius 1 is 0.857 bits per heavy atom. The van der Waals surface area contributed by atoms with Crippen molar-refractivity contribution in [3.8, 4) is 34.3 Å². The summed E-state index contributed by atoms with van der Waals surface area (Å²) in [7, 11) is 0. The lowest BCUT2D eigenvalue weighted by molar-refractivity contribution is -0.425. The highest BCUT2D eigenvalue weighted by atomic mass is 16.8. The van der Waals surface area contributed by atoms with E-state index in [9.17, 15) is 55.9 Å². The summed E-state index contributed by atoms with van der Waals surface area (Å²) in [4.78, 5) is 12.7. The van der Waals surface area contributed by atoms with Gasteiger partial charge in [-0.25, -0.2) is 0 Å². The lowest BCUT2D eigenvalue weighted by atomic mass is 9.97. The minimum absolute atomic E-state index is 0.0764. The molecule has 0 saturated carbocycles. The lowest BCUT2D eigenvalue weighted by Gasteiger charge is -2.45. The highest BCUT2D eigenvalue weighted by molar-refractivity contribution is 5.86. The molecule has 2 saturated heterocycles. The normalized spacial score (nSPS) is 33.5. The molecule has 228 valence electrons. The van der Waals surface area contributed by atoms with Crippen LogP contribution in [0.15, 0.2) is 45.6 Å². The quantitative estimate of drug-likeness (QED) is 0.104. The molecule has 10 N–H and O–H groups in total. The molecule has 2 aliphatic heterocycles. The van der Waals surface area contributed by atoms with E-state index in [1.807, 2.05) is 0 Å². The summed E-state index contributed by atoms with van der Waals surface area (Å²) in [6, 6.07) is 6.62. The van der Waals surface area contributed by atoms with Gasteiger partial charge in [-0.05, 0) is 18.2 Å². The van der Waals surface area contributed by atoms with Gasteiger partial charge in [0.15, 0.2) is 29.3 Å². The van der Waals surface area contributed by atoms with Crippen LogP contribution in [-0.4, -0.2) is 119 Å². The molecule has 0 bridgehead atoms. The van der Waals surface area contributed by atoms with Crippen LogP contribution in [0.5, 0.6) is 23.0 Å². The molecule has 3 aromatic rings. The van der Waals surface area contributed by atoms with Gasteiger partial charge in [0.25, 0.3) is 0 Å². The third kappa shape index (κ3) is 5.48. The van der Waals surface area contributed by atoms with Crippen LogP contribution in [-0.2, 0) is 14.2 Å². The Kier molecular flexibility index (Phi) is 8.03. The molecule has 16 heteroatoms. The molecule has 9 atom stereocenters. The topological polar surface area (TPSA) is 269 Å². The van der Waals surface area contributed by atoms with E-state index in [2.05, 4.69) is 0 Å². The minimum atomic E-state index is -3.07. The van der Waals surface area contributed by atoms with Gasteiger partial charge in [-0.3, -0.25) is 4.79 Å². The van der Waals surface area contributed by atoms with Crippen LogP contribution in [0.3, 0.4) is 0 Å². The predicted molar refractivity (Wildman–Crippen MR) is 135 cm³/mol. The van der Waals surface area contributed by atoms with E-state index in [-0.39, 0.29) is 28.9 Å². The van der Waals surface area contributed by atoms with E-state index in [0.717, 1.165) is 30.3 Å². The van der Waals surface area contributed by atoms with Gasteiger partial charge in [-0.1, -0.05) is 0 Å². The van der Waals surface area contributed by atoms with Crippen LogP contribution >= 0.6 is 0 Å². The van der Waals surface area contributed by atoms with Crippen molar-refractivity contribution < 1.29 is 74.4 Å². The molecular weight excluding hydrogens is 568 g/mol. The molecule has 42 heavy (non-hydrogen) atoms. The zero-order valence-corrected chi connectivity index (χ0v) is 21.4. The van der Waals surface area contributed by atoms with Crippen molar-refractivity contribution in [1.82, 2.24) is 0 Å². The van der Waals surface area contributed by atoms with E-state index in [1.54, 1.807) is 0 Å². The van der Waals surface area contributed by atoms with Gasteiger partial charge in [0.2, 0.25) is 0 Å². The average molecular weight is 596 g/mol. The number of ether oxygens (including phenoxy) is 4. The van der Waals surface area contributed by atoms with Crippen molar-refractivity contribution in [1.29, 1.82) is 0 Å². The fraction of sp³-hybridized carbons (Fsp3) is 0.423. The SMILES string of the molecule is O=c1cc(-c2ccc(O)c(O)c2)oc2cc(O[C@]3(O)O[C@H](CO[C@@H]4OC[C@H](O)[C@H](O)[C@@H]4O)[C@@H](O)[C@H](O)[C@@H]3O)cc(O)c12. The maximum Gasteiger partial charge on any atom is 0.355 e. The first-order valence-corrected chi connectivity index (χ1v) is 12.5. The number of phenolic OH excluding ortho intramolecular Hbond substituents is 3. The summed E-state index contributed by atoms with van der Waals surface area (Å²) in [5, 5.41) is 101. The van der Waals surface area contributed by atoms with Gasteiger partial charge >= 0.3 is 5.97 Å². The van der Waals surface area contributed by atoms with E-state index >= 15 is 0 Å². The molecule has 0 amide bonds. The van der Waals surface area contributed by atoms with Crippen LogP contribution in [0.4, 0.5) is 0 Å². The van der Waals surface area contributed by atoms with Gasteiger partial charge in [0.1, 0.15) is 64.9 Å². The Balaban J connectivity index is 1.40. The fourth-order valence-corrected chi connectivity index (χ4v) is 4.60. The Morgan fingerprint density at radius 3 is 2.31 bits per heavy atom. The summed E-state index contributed by atoms with van der Waals surface area (Å²) in [5.41, 5.74) is -0.775. The van der Waals surface area contributed by atoms with Crippen LogP contribution in [0.2, 0.25) is 0 Å². The second-order valence-corrected chi connectivity index (χ2v) is 9.89. The van der Waals surface area contributed by atoms with Crippen molar-refractivity contribution in [2.75, 3.05) is 13.2 Å². The number of hydrogen-bond donors (Lipinski definition) is 10. The molecular formula is C26H28O16. The summed E-state index contributed by atoms with van der Waals surface area (Å²) in [6.07, 6.45) is -14.0. The Morgan fingerprint density at radius 2 is 1.60 bits per heavy atom. The molecule has 2 aromatic carbocycles. The molecule has 5 rings (SSSR count). The number of phenols is 3. The number of aliphatic hydroxyl groups is 7. The first-order valence-electron chi connectivity index (χ1n) is 12.5. The van der Waals surface area contributed by atoms with Crippen LogP contribution in [0.1, 0.15) is 0 Å². The zero-order valence-electron chi connectivity index (χ0n) is 21.4. The molecule has 0 unspecified atom stereocenters. The molecule has 2 fully saturated rings. The number of aromatic hydroxyl groups is 3. The largest absolute Gasteiger partial charge is 0.507 e. The van der Waals surface area contributed by atoms with Gasteiger partial charge in [-0.2, -0.15) is 0 Å². The summed E-state index contributed by atoms with van der Waals surface area (Å²) in [5.74, 6) is -5.14. The number of rotatable bonds is 6. The molecule has 2 aliphatic rings. The second kappa shape index (κ2) is 11.3. The van der Waals surface area contributed by atoms with Crippen molar-refractivity contribution in [3.63, 3.8) is 0 Å². The summed E-state index contributed by atoms with van der Waals surface area (Å²) in [6.45, 7) is -1.07. The van der Waals surface area contributed by atoms with Gasteiger partial charge in [0.05, 0.1) is 13.2 Å². The predicted octanol–water partition coefficient (Wildman–Crippen LogP) is -2.46. The molecule has 0 spiro atoms. The van der Waals surface area contributed by atoms with Crippen LogP contribution < -0.4 is 10.2 Å². The molecule has 16 nitrogen and oxygen atoms in total. The summed E-state index contributed by atoms with van der Waals surface area (Å²) >= 11 is 0. The molecule has 0 aliphatic carbocycles. The number of hydrogen-bond acceptors (Lipinski definition) is 16. The maximum atomic E-state index is 12.7. The molecule has 1 aromatic heterocycles. The number of benzene rings is 2. The van der Waals surface area contributed by atoms with Gasteiger partial charge in [0, 0.05) is 23.8 Å². The van der Waals surface area contributed by atoms with Crippen molar-refractivity contribution in [2.24, 2.45) is 0 Å². The third-order valence-electron chi connectivity index (χ3n) is 6.93. The Hall–Kier alpha value is -3.55. The smallest absolute Gasteiger partial charge is 0.355 e. The van der Waals surface area contributed by atoms with Crippen molar-refractivity contribution >= 4 is 11.0 Å². The van der Waals surface area contributed by atoms with Gasteiger partial charge < -0.3 is 74.4 Å². The maximum absolute atomic E-state index is 12.7. The van der Waals surface area contributed by atoms with E-state index in [4.69, 9.17) is 23.4 Å². The van der Waals surface area contributed by atoms with E-state index < -0.39 is 90.0 Å². The van der Waals surface area contributed by atoms with Crippen LogP contribution in [0, 0.1) is 0 Å². The molecule has 0 radical (unpaired) electrons. The first kappa shape index (κ1) is 29.9. The third-order valence-corrected chi connectivity index (χ3v) is 6.93. The Bertz CT molecular complexity index is 1510. The van der Waals surface area contributed by atoms with E-state index in [1.165, 1.54) is 6.07 Å². The van der Waals surface area contributed by atoms with E-state index in [0.29, 0.717) is 0 Å².